The van der Waals surface area contributed by atoms with Crippen molar-refractivity contribution in [3.8, 4) is 5.75 Å². The first kappa shape index (κ1) is 16.6. The van der Waals surface area contributed by atoms with Crippen LogP contribution in [-0.2, 0) is 10.7 Å². The minimum absolute atomic E-state index is 0.0932. The molecule has 0 N–H and O–H groups in total. The molecule has 0 aliphatic carbocycles. The lowest BCUT2D eigenvalue weighted by molar-refractivity contribution is -0.287. The van der Waals surface area contributed by atoms with Crippen LogP contribution in [0, 0.1) is 0 Å². The van der Waals surface area contributed by atoms with Crippen molar-refractivity contribution in [3.63, 3.8) is 0 Å². The third-order valence-electron chi connectivity index (χ3n) is 2.40. The molecule has 0 aromatic heterocycles. The highest BCUT2D eigenvalue weighted by atomic mass is 19.3. The van der Waals surface area contributed by atoms with Crippen LogP contribution in [0.3, 0.4) is 0 Å². The second-order valence-corrected chi connectivity index (χ2v) is 4.08. The Morgan fingerprint density at radius 1 is 0.950 bits per heavy atom. The Bertz CT molecular complexity index is 429. The smallest absolute Gasteiger partial charge is 0.327 e. The van der Waals surface area contributed by atoms with Crippen molar-refractivity contribution in [3.05, 3.63) is 29.8 Å². The normalized spacial score (nSPS) is 15.8. The van der Waals surface area contributed by atoms with Gasteiger partial charge in [0, 0.05) is 12.5 Å². The highest BCUT2D eigenvalue weighted by molar-refractivity contribution is 5.30. The van der Waals surface area contributed by atoms with Crippen molar-refractivity contribution in [2.45, 2.75) is 31.5 Å². The van der Waals surface area contributed by atoms with Gasteiger partial charge in [-0.3, -0.25) is 0 Å². The number of ether oxygens (including phenoxy) is 2. The Balaban J connectivity index is 2.85. The van der Waals surface area contributed by atoms with Crippen molar-refractivity contribution in [2.24, 2.45) is 0 Å². The third-order valence-corrected chi connectivity index (χ3v) is 2.40. The molecule has 114 valence electrons. The number of methoxy groups -OCH3 is 1. The molecular formula is C12H12F6O2. The Hall–Kier alpha value is -1.44. The maximum atomic E-state index is 13.6. The van der Waals surface area contributed by atoms with E-state index in [0.29, 0.717) is 0 Å². The molecule has 1 aromatic rings. The van der Waals surface area contributed by atoms with E-state index in [1.807, 2.05) is 0 Å². The molecule has 0 aliphatic heterocycles. The lowest BCUT2D eigenvalue weighted by Crippen LogP contribution is -2.38. The molecule has 2 atom stereocenters. The molecule has 0 amide bonds. The fourth-order valence-electron chi connectivity index (χ4n) is 1.25. The molecule has 0 spiro atoms. The van der Waals surface area contributed by atoms with Crippen molar-refractivity contribution in [1.29, 1.82) is 0 Å². The second kappa shape index (κ2) is 5.90. The van der Waals surface area contributed by atoms with Gasteiger partial charge in [0.25, 0.3) is 18.6 Å². The molecule has 20 heavy (non-hydrogen) atoms. The first-order valence-corrected chi connectivity index (χ1v) is 5.42. The summed E-state index contributed by atoms with van der Waals surface area (Å²) in [5, 5.41) is 0. The summed E-state index contributed by atoms with van der Waals surface area (Å²) in [5.41, 5.74) is -0.850. The first-order chi connectivity index (χ1) is 9.09. The predicted octanol–water partition coefficient (Wildman–Crippen LogP) is 4.05. The molecule has 0 heterocycles. The molecule has 0 bridgehead atoms. The minimum atomic E-state index is -4.28. The second-order valence-electron chi connectivity index (χ2n) is 4.08. The van der Waals surface area contributed by atoms with E-state index in [2.05, 4.69) is 4.74 Å². The number of benzene rings is 1. The van der Waals surface area contributed by atoms with Gasteiger partial charge in [-0.25, -0.2) is 17.6 Å². The summed E-state index contributed by atoms with van der Waals surface area (Å²) in [5.74, 6) is -8.12. The van der Waals surface area contributed by atoms with Gasteiger partial charge in [0.1, 0.15) is 5.75 Å². The minimum Gasteiger partial charge on any atom is -0.497 e. The number of hydrogen-bond donors (Lipinski definition) is 0. The molecule has 8 heteroatoms. The van der Waals surface area contributed by atoms with Gasteiger partial charge in [-0.1, -0.05) is 0 Å². The topological polar surface area (TPSA) is 18.5 Å². The molecule has 0 unspecified atom stereocenters. The zero-order chi connectivity index (χ0) is 15.6. The molecule has 0 saturated carbocycles. The summed E-state index contributed by atoms with van der Waals surface area (Å²) in [6, 6.07) is 3.90. The molecule has 0 aliphatic rings. The molecule has 1 rings (SSSR count). The van der Waals surface area contributed by atoms with Crippen molar-refractivity contribution in [1.82, 2.24) is 0 Å². The van der Waals surface area contributed by atoms with Crippen molar-refractivity contribution in [2.75, 3.05) is 7.11 Å². The number of halogens is 6. The summed E-state index contributed by atoms with van der Waals surface area (Å²) < 4.78 is 86.2. The predicted molar refractivity (Wildman–Crippen MR) is 58.4 cm³/mol. The SMILES string of the molecule is COc1ccc(C(F)(F)[C@H](F)O[C@H](F)C(C)(F)F)cc1. The van der Waals surface area contributed by atoms with E-state index in [9.17, 15) is 26.3 Å². The quantitative estimate of drug-likeness (QED) is 0.738. The fraction of sp³-hybridized carbons (Fsp3) is 0.500. The summed E-state index contributed by atoms with van der Waals surface area (Å²) in [7, 11) is 1.30. The van der Waals surface area contributed by atoms with Gasteiger partial charge < -0.3 is 9.47 Å². The fourth-order valence-corrected chi connectivity index (χ4v) is 1.25. The Morgan fingerprint density at radius 3 is 1.85 bits per heavy atom. The van der Waals surface area contributed by atoms with Crippen LogP contribution in [0.5, 0.6) is 5.75 Å². The van der Waals surface area contributed by atoms with Crippen LogP contribution in [0.1, 0.15) is 12.5 Å². The van der Waals surface area contributed by atoms with E-state index in [1.165, 1.54) is 7.11 Å². The third kappa shape index (κ3) is 3.78. The van der Waals surface area contributed by atoms with Gasteiger partial charge in [0.2, 0.25) is 0 Å². The van der Waals surface area contributed by atoms with Crippen LogP contribution in [0.2, 0.25) is 0 Å². The van der Waals surface area contributed by atoms with Crippen LogP contribution in [0.4, 0.5) is 26.3 Å². The molecular weight excluding hydrogens is 290 g/mol. The maximum absolute atomic E-state index is 13.6. The molecule has 0 saturated heterocycles. The zero-order valence-corrected chi connectivity index (χ0v) is 10.5. The standard InChI is InChI=1S/C12H12F6O2/c1-11(15,16)9(13)20-10(14)12(17,18)7-3-5-8(19-2)6-4-7/h3-6,9-10H,1-2H3/t9-,10+/m0/s1. The average molecular weight is 302 g/mol. The Morgan fingerprint density at radius 2 is 1.45 bits per heavy atom. The highest BCUT2D eigenvalue weighted by Gasteiger charge is 2.48. The van der Waals surface area contributed by atoms with Crippen LogP contribution in [-0.4, -0.2) is 25.7 Å². The zero-order valence-electron chi connectivity index (χ0n) is 10.5. The van der Waals surface area contributed by atoms with E-state index in [0.717, 1.165) is 24.3 Å². The van der Waals surface area contributed by atoms with Crippen molar-refractivity contribution < 1.29 is 35.8 Å². The summed E-state index contributed by atoms with van der Waals surface area (Å²) in [6.07, 6.45) is -7.02. The van der Waals surface area contributed by atoms with E-state index in [1.54, 1.807) is 0 Å². The highest BCUT2D eigenvalue weighted by Crippen LogP contribution is 2.37. The Labute approximate surface area is 111 Å². The van der Waals surface area contributed by atoms with Gasteiger partial charge in [0.15, 0.2) is 0 Å². The van der Waals surface area contributed by atoms with Crippen LogP contribution in [0.25, 0.3) is 0 Å². The van der Waals surface area contributed by atoms with E-state index >= 15 is 0 Å². The summed E-state index contributed by atoms with van der Waals surface area (Å²) in [6.45, 7) is 0.0932. The Kier molecular flexibility index (Phi) is 4.90. The van der Waals surface area contributed by atoms with Crippen LogP contribution >= 0.6 is 0 Å². The van der Waals surface area contributed by atoms with Crippen molar-refractivity contribution >= 4 is 0 Å². The van der Waals surface area contributed by atoms with Crippen LogP contribution < -0.4 is 4.74 Å². The molecule has 0 radical (unpaired) electrons. The van der Waals surface area contributed by atoms with Gasteiger partial charge >= 0.3 is 5.92 Å². The number of alkyl halides is 6. The van der Waals surface area contributed by atoms with Gasteiger partial charge in [-0.15, -0.1) is 0 Å². The molecule has 2 nitrogen and oxygen atoms in total. The first-order valence-electron chi connectivity index (χ1n) is 5.42. The van der Waals surface area contributed by atoms with Gasteiger partial charge in [-0.05, 0) is 24.3 Å². The lowest BCUT2D eigenvalue weighted by atomic mass is 10.1. The lowest BCUT2D eigenvalue weighted by Gasteiger charge is -2.24. The van der Waals surface area contributed by atoms with Crippen LogP contribution in [0.15, 0.2) is 24.3 Å². The summed E-state index contributed by atoms with van der Waals surface area (Å²) in [4.78, 5) is 0. The van der Waals surface area contributed by atoms with E-state index in [-0.39, 0.29) is 12.7 Å². The van der Waals surface area contributed by atoms with E-state index in [4.69, 9.17) is 4.74 Å². The monoisotopic (exact) mass is 302 g/mol. The largest absolute Gasteiger partial charge is 0.497 e. The maximum Gasteiger partial charge on any atom is 0.327 e. The number of hydrogen-bond acceptors (Lipinski definition) is 2. The van der Waals surface area contributed by atoms with Gasteiger partial charge in [0.05, 0.1) is 7.11 Å². The van der Waals surface area contributed by atoms with Gasteiger partial charge in [-0.2, -0.15) is 8.78 Å². The molecule has 0 fully saturated rings. The average Bonchev–Trinajstić information content (AvgIpc) is 2.37. The van der Waals surface area contributed by atoms with E-state index < -0.39 is 30.1 Å². The molecule has 1 aromatic carbocycles. The summed E-state index contributed by atoms with van der Waals surface area (Å²) >= 11 is 0. The number of rotatable bonds is 6.